The zero-order valence-electron chi connectivity index (χ0n) is 13.1. The second-order valence-electron chi connectivity index (χ2n) is 6.00. The van der Waals surface area contributed by atoms with Gasteiger partial charge in [0.25, 0.3) is 0 Å². The summed E-state index contributed by atoms with van der Waals surface area (Å²) >= 11 is 0. The van der Waals surface area contributed by atoms with E-state index in [1.165, 1.54) is 16.5 Å². The van der Waals surface area contributed by atoms with Crippen molar-refractivity contribution in [2.24, 2.45) is 0 Å². The van der Waals surface area contributed by atoms with Gasteiger partial charge in [-0.1, -0.05) is 54.6 Å². The maximum absolute atomic E-state index is 5.96. The molecule has 1 fully saturated rings. The molecule has 0 saturated carbocycles. The van der Waals surface area contributed by atoms with E-state index in [-0.39, 0.29) is 6.10 Å². The molecule has 4 rings (SSSR count). The number of benzene rings is 2. The molecule has 23 heavy (non-hydrogen) atoms. The van der Waals surface area contributed by atoms with Gasteiger partial charge in [-0.15, -0.1) is 0 Å². The highest BCUT2D eigenvalue weighted by Crippen LogP contribution is 2.24. The number of ether oxygens (including phenoxy) is 1. The van der Waals surface area contributed by atoms with E-state index in [4.69, 9.17) is 4.74 Å². The molecule has 1 atom stereocenters. The Hall–Kier alpha value is -2.23. The number of para-hydroxylation sites is 1. The van der Waals surface area contributed by atoms with Gasteiger partial charge in [-0.25, -0.2) is 0 Å². The molecule has 2 aromatic carbocycles. The third kappa shape index (κ3) is 3.11. The van der Waals surface area contributed by atoms with E-state index >= 15 is 0 Å². The standard InChI is InChI=1S/C20H20N2O/c1-2-6-16(7-3-1)19-15-22(12-13-23-19)14-18-9-4-8-17-10-5-11-21-20(17)18/h1-11,19H,12-15H2. The van der Waals surface area contributed by atoms with Gasteiger partial charge in [-0.05, 0) is 17.2 Å². The smallest absolute Gasteiger partial charge is 0.0952 e. The zero-order chi connectivity index (χ0) is 15.5. The van der Waals surface area contributed by atoms with Crippen LogP contribution in [0.4, 0.5) is 0 Å². The van der Waals surface area contributed by atoms with E-state index in [0.717, 1.165) is 31.8 Å². The number of pyridine rings is 1. The molecule has 2 heterocycles. The molecule has 1 aromatic heterocycles. The Morgan fingerprint density at radius 3 is 2.78 bits per heavy atom. The van der Waals surface area contributed by atoms with E-state index in [0.29, 0.717) is 0 Å². The average molecular weight is 304 g/mol. The predicted molar refractivity (Wildman–Crippen MR) is 92.2 cm³/mol. The maximum atomic E-state index is 5.96. The second kappa shape index (κ2) is 6.49. The molecule has 116 valence electrons. The number of morpholine rings is 1. The molecule has 1 saturated heterocycles. The monoisotopic (exact) mass is 304 g/mol. The quantitative estimate of drug-likeness (QED) is 0.736. The molecule has 0 amide bonds. The molecule has 3 aromatic rings. The van der Waals surface area contributed by atoms with Crippen molar-refractivity contribution in [2.45, 2.75) is 12.6 Å². The topological polar surface area (TPSA) is 25.4 Å². The minimum atomic E-state index is 0.160. The summed E-state index contributed by atoms with van der Waals surface area (Å²) in [5.74, 6) is 0. The molecule has 1 aliphatic rings. The van der Waals surface area contributed by atoms with Crippen molar-refractivity contribution in [1.82, 2.24) is 9.88 Å². The van der Waals surface area contributed by atoms with Crippen LogP contribution in [0, 0.1) is 0 Å². The Bertz CT molecular complexity index is 783. The van der Waals surface area contributed by atoms with Crippen LogP contribution in [0.3, 0.4) is 0 Å². The molecule has 1 unspecified atom stereocenters. The van der Waals surface area contributed by atoms with Crippen LogP contribution >= 0.6 is 0 Å². The fourth-order valence-electron chi connectivity index (χ4n) is 3.25. The van der Waals surface area contributed by atoms with Crippen molar-refractivity contribution in [1.29, 1.82) is 0 Å². The molecule has 0 N–H and O–H groups in total. The van der Waals surface area contributed by atoms with Crippen LogP contribution in [0.5, 0.6) is 0 Å². The second-order valence-corrected chi connectivity index (χ2v) is 6.00. The van der Waals surface area contributed by atoms with Crippen molar-refractivity contribution >= 4 is 10.9 Å². The highest BCUT2D eigenvalue weighted by molar-refractivity contribution is 5.81. The molecule has 0 radical (unpaired) electrons. The van der Waals surface area contributed by atoms with E-state index in [2.05, 4.69) is 58.4 Å². The minimum Gasteiger partial charge on any atom is -0.371 e. The summed E-state index contributed by atoms with van der Waals surface area (Å²) < 4.78 is 5.96. The number of hydrogen-bond donors (Lipinski definition) is 0. The Kier molecular flexibility index (Phi) is 4.05. The SMILES string of the molecule is c1ccc(C2CN(Cc3cccc4cccnc34)CCO2)cc1. The van der Waals surface area contributed by atoms with Crippen molar-refractivity contribution in [3.05, 3.63) is 78.0 Å². The van der Waals surface area contributed by atoms with Crippen molar-refractivity contribution < 1.29 is 4.74 Å². The fourth-order valence-corrected chi connectivity index (χ4v) is 3.25. The molecule has 0 aliphatic carbocycles. The third-order valence-corrected chi connectivity index (χ3v) is 4.43. The number of nitrogens with zero attached hydrogens (tertiary/aromatic N) is 2. The number of fused-ring (bicyclic) bond motifs is 1. The van der Waals surface area contributed by atoms with Crippen LogP contribution < -0.4 is 0 Å². The van der Waals surface area contributed by atoms with Gasteiger partial charge in [0.15, 0.2) is 0 Å². The van der Waals surface area contributed by atoms with E-state index in [1.807, 2.05) is 18.3 Å². The molecule has 3 nitrogen and oxygen atoms in total. The Morgan fingerprint density at radius 1 is 1.00 bits per heavy atom. The van der Waals surface area contributed by atoms with Gasteiger partial charge in [-0.2, -0.15) is 0 Å². The van der Waals surface area contributed by atoms with Crippen molar-refractivity contribution in [3.63, 3.8) is 0 Å². The summed E-state index contributed by atoms with van der Waals surface area (Å²) in [5.41, 5.74) is 3.66. The summed E-state index contributed by atoms with van der Waals surface area (Å²) in [7, 11) is 0. The van der Waals surface area contributed by atoms with E-state index in [1.54, 1.807) is 0 Å². The zero-order valence-corrected chi connectivity index (χ0v) is 13.1. The van der Waals surface area contributed by atoms with Crippen LogP contribution in [-0.2, 0) is 11.3 Å². The lowest BCUT2D eigenvalue weighted by Gasteiger charge is -2.33. The van der Waals surface area contributed by atoms with Crippen LogP contribution in [0.25, 0.3) is 10.9 Å². The van der Waals surface area contributed by atoms with Crippen molar-refractivity contribution in [3.8, 4) is 0 Å². The lowest BCUT2D eigenvalue weighted by atomic mass is 10.1. The summed E-state index contributed by atoms with van der Waals surface area (Å²) in [6, 6.07) is 21.0. The molecule has 0 spiro atoms. The van der Waals surface area contributed by atoms with Crippen molar-refractivity contribution in [2.75, 3.05) is 19.7 Å². The van der Waals surface area contributed by atoms with E-state index < -0.39 is 0 Å². The largest absolute Gasteiger partial charge is 0.371 e. The molecule has 1 aliphatic heterocycles. The van der Waals surface area contributed by atoms with Crippen LogP contribution in [0.1, 0.15) is 17.2 Å². The highest BCUT2D eigenvalue weighted by Gasteiger charge is 2.22. The number of hydrogen-bond acceptors (Lipinski definition) is 3. The molecular formula is C20H20N2O. The Balaban J connectivity index is 1.54. The highest BCUT2D eigenvalue weighted by atomic mass is 16.5. The van der Waals surface area contributed by atoms with E-state index in [9.17, 15) is 0 Å². The van der Waals surface area contributed by atoms with Gasteiger partial charge in [0.2, 0.25) is 0 Å². The van der Waals surface area contributed by atoms with Crippen LogP contribution in [-0.4, -0.2) is 29.6 Å². The first-order valence-electron chi connectivity index (χ1n) is 8.12. The summed E-state index contributed by atoms with van der Waals surface area (Å²) in [6.45, 7) is 3.58. The summed E-state index contributed by atoms with van der Waals surface area (Å²) in [6.07, 6.45) is 2.03. The third-order valence-electron chi connectivity index (χ3n) is 4.43. The van der Waals surface area contributed by atoms with Gasteiger partial charge in [0.1, 0.15) is 0 Å². The normalized spacial score (nSPS) is 19.0. The fraction of sp³-hybridized carbons (Fsp3) is 0.250. The molecule has 3 heteroatoms. The summed E-state index contributed by atoms with van der Waals surface area (Å²) in [4.78, 5) is 7.03. The first kappa shape index (κ1) is 14.4. The molecule has 0 bridgehead atoms. The average Bonchev–Trinajstić information content (AvgIpc) is 2.63. The Labute approximate surface area is 136 Å². The lowest BCUT2D eigenvalue weighted by Crippen LogP contribution is -2.37. The van der Waals surface area contributed by atoms with Gasteiger partial charge in [0.05, 0.1) is 18.2 Å². The van der Waals surface area contributed by atoms with Gasteiger partial charge < -0.3 is 4.74 Å². The lowest BCUT2D eigenvalue weighted by molar-refractivity contribution is -0.0328. The van der Waals surface area contributed by atoms with Crippen LogP contribution in [0.15, 0.2) is 66.9 Å². The van der Waals surface area contributed by atoms with Crippen LogP contribution in [0.2, 0.25) is 0 Å². The van der Waals surface area contributed by atoms with Gasteiger partial charge in [-0.3, -0.25) is 9.88 Å². The maximum Gasteiger partial charge on any atom is 0.0952 e. The summed E-state index contributed by atoms with van der Waals surface area (Å²) in [5, 5.41) is 1.21. The minimum absolute atomic E-state index is 0.160. The van der Waals surface area contributed by atoms with Gasteiger partial charge >= 0.3 is 0 Å². The Morgan fingerprint density at radius 2 is 1.87 bits per heavy atom. The molecular weight excluding hydrogens is 284 g/mol. The predicted octanol–water partition coefficient (Wildman–Crippen LogP) is 3.81. The van der Waals surface area contributed by atoms with Gasteiger partial charge in [0, 0.05) is 31.2 Å². The first-order valence-corrected chi connectivity index (χ1v) is 8.12. The number of rotatable bonds is 3. The first-order chi connectivity index (χ1) is 11.4. The number of aromatic nitrogens is 1.